The van der Waals surface area contributed by atoms with Gasteiger partial charge in [0.25, 0.3) is 0 Å². The second-order valence-electron chi connectivity index (χ2n) is 4.38. The van der Waals surface area contributed by atoms with Gasteiger partial charge >= 0.3 is 0 Å². The zero-order valence-corrected chi connectivity index (χ0v) is 12.1. The molecular formula is C15H25NO3. The van der Waals surface area contributed by atoms with Gasteiger partial charge < -0.3 is 19.5 Å². The van der Waals surface area contributed by atoms with Crippen LogP contribution in [-0.2, 0) is 9.47 Å². The van der Waals surface area contributed by atoms with Crippen LogP contribution in [0.4, 0.5) is 0 Å². The van der Waals surface area contributed by atoms with Gasteiger partial charge in [0, 0.05) is 25.3 Å². The Bertz CT molecular complexity index is 344. The maximum atomic E-state index is 5.42. The zero-order chi connectivity index (χ0) is 13.9. The van der Waals surface area contributed by atoms with E-state index in [4.69, 9.17) is 14.2 Å². The van der Waals surface area contributed by atoms with E-state index in [-0.39, 0.29) is 6.04 Å². The van der Waals surface area contributed by atoms with Gasteiger partial charge in [-0.1, -0.05) is 18.2 Å². The molecule has 0 radical (unpaired) electrons. The Kier molecular flexibility index (Phi) is 8.21. The highest BCUT2D eigenvalue weighted by Gasteiger charge is 2.09. The molecule has 0 saturated heterocycles. The highest BCUT2D eigenvalue weighted by atomic mass is 16.5. The summed E-state index contributed by atoms with van der Waals surface area (Å²) < 4.78 is 15.7. The Morgan fingerprint density at radius 2 is 1.89 bits per heavy atom. The molecule has 0 aliphatic rings. The van der Waals surface area contributed by atoms with Gasteiger partial charge in [0.15, 0.2) is 0 Å². The van der Waals surface area contributed by atoms with Gasteiger partial charge in [-0.05, 0) is 26.0 Å². The van der Waals surface area contributed by atoms with Gasteiger partial charge in [0.2, 0.25) is 0 Å². The molecule has 0 bridgehead atoms. The Labute approximate surface area is 116 Å². The molecular weight excluding hydrogens is 242 g/mol. The van der Waals surface area contributed by atoms with Crippen LogP contribution in [0.5, 0.6) is 5.75 Å². The molecule has 0 aromatic heterocycles. The van der Waals surface area contributed by atoms with Gasteiger partial charge in [-0.15, -0.1) is 0 Å². The first-order valence-corrected chi connectivity index (χ1v) is 6.72. The van der Waals surface area contributed by atoms with Crippen molar-refractivity contribution < 1.29 is 14.2 Å². The summed E-state index contributed by atoms with van der Waals surface area (Å²) in [5, 5.41) is 3.47. The summed E-state index contributed by atoms with van der Waals surface area (Å²) >= 11 is 0. The standard InChI is InChI=1S/C15H25NO3/c1-13(14-7-4-5-8-15(14)18-3)16-9-6-10-19-12-11-17-2/h4-5,7-8,13,16H,6,9-12H2,1-3H3/t13-/m1/s1. The van der Waals surface area contributed by atoms with Crippen LogP contribution in [0.1, 0.15) is 24.9 Å². The molecule has 0 fully saturated rings. The van der Waals surface area contributed by atoms with Gasteiger partial charge in [-0.2, -0.15) is 0 Å². The molecule has 108 valence electrons. The minimum absolute atomic E-state index is 0.273. The number of hydrogen-bond acceptors (Lipinski definition) is 4. The van der Waals surface area contributed by atoms with E-state index in [0.29, 0.717) is 13.2 Å². The van der Waals surface area contributed by atoms with E-state index in [1.54, 1.807) is 14.2 Å². The summed E-state index contributed by atoms with van der Waals surface area (Å²) in [5.74, 6) is 0.929. The van der Waals surface area contributed by atoms with E-state index in [1.165, 1.54) is 5.56 Å². The van der Waals surface area contributed by atoms with Crippen molar-refractivity contribution in [3.05, 3.63) is 29.8 Å². The molecule has 1 N–H and O–H groups in total. The summed E-state index contributed by atoms with van der Waals surface area (Å²) in [5.41, 5.74) is 1.19. The van der Waals surface area contributed by atoms with Crippen LogP contribution < -0.4 is 10.1 Å². The van der Waals surface area contributed by atoms with Crippen LogP contribution in [0, 0.1) is 0 Å². The normalized spacial score (nSPS) is 12.4. The lowest BCUT2D eigenvalue weighted by molar-refractivity contribution is 0.0693. The third kappa shape index (κ3) is 6.05. The smallest absolute Gasteiger partial charge is 0.123 e. The average Bonchev–Trinajstić information content (AvgIpc) is 2.46. The molecule has 1 atom stereocenters. The van der Waals surface area contributed by atoms with Crippen LogP contribution in [0.2, 0.25) is 0 Å². The summed E-state index contributed by atoms with van der Waals surface area (Å²) in [6.07, 6.45) is 0.989. The minimum Gasteiger partial charge on any atom is -0.496 e. The number of rotatable bonds is 10. The molecule has 19 heavy (non-hydrogen) atoms. The third-order valence-electron chi connectivity index (χ3n) is 2.95. The molecule has 0 unspecified atom stereocenters. The average molecular weight is 267 g/mol. The van der Waals surface area contributed by atoms with Gasteiger partial charge in [0.05, 0.1) is 20.3 Å². The minimum atomic E-state index is 0.273. The molecule has 1 aromatic carbocycles. The lowest BCUT2D eigenvalue weighted by atomic mass is 10.1. The van der Waals surface area contributed by atoms with Crippen molar-refractivity contribution >= 4 is 0 Å². The highest BCUT2D eigenvalue weighted by molar-refractivity contribution is 5.35. The molecule has 0 amide bonds. The summed E-state index contributed by atoms with van der Waals surface area (Å²) in [7, 11) is 3.38. The van der Waals surface area contributed by atoms with Gasteiger partial charge in [-0.25, -0.2) is 0 Å². The Morgan fingerprint density at radius 1 is 1.11 bits per heavy atom. The highest BCUT2D eigenvalue weighted by Crippen LogP contribution is 2.23. The number of para-hydroxylation sites is 1. The number of benzene rings is 1. The first-order chi connectivity index (χ1) is 9.29. The predicted octanol–water partition coefficient (Wildman–Crippen LogP) is 2.40. The van der Waals surface area contributed by atoms with Crippen molar-refractivity contribution in [1.82, 2.24) is 5.32 Å². The molecule has 0 aliphatic heterocycles. The topological polar surface area (TPSA) is 39.7 Å². The van der Waals surface area contributed by atoms with Gasteiger partial charge in [0.1, 0.15) is 5.75 Å². The second kappa shape index (κ2) is 9.78. The molecule has 0 saturated carbocycles. The lowest BCUT2D eigenvalue weighted by Crippen LogP contribution is -2.21. The van der Waals surface area contributed by atoms with E-state index in [0.717, 1.165) is 25.3 Å². The van der Waals surface area contributed by atoms with Crippen LogP contribution in [0.25, 0.3) is 0 Å². The fourth-order valence-corrected chi connectivity index (χ4v) is 1.87. The monoisotopic (exact) mass is 267 g/mol. The molecule has 1 aromatic rings. The van der Waals surface area contributed by atoms with Crippen molar-refractivity contribution in [3.8, 4) is 5.75 Å². The Morgan fingerprint density at radius 3 is 2.63 bits per heavy atom. The van der Waals surface area contributed by atoms with Crippen LogP contribution in [0.15, 0.2) is 24.3 Å². The summed E-state index contributed by atoms with van der Waals surface area (Å²) in [6.45, 7) is 5.15. The summed E-state index contributed by atoms with van der Waals surface area (Å²) in [4.78, 5) is 0. The number of nitrogens with one attached hydrogen (secondary N) is 1. The van der Waals surface area contributed by atoms with Crippen molar-refractivity contribution in [2.45, 2.75) is 19.4 Å². The number of ether oxygens (including phenoxy) is 3. The van der Waals surface area contributed by atoms with E-state index in [1.807, 2.05) is 18.2 Å². The van der Waals surface area contributed by atoms with Crippen molar-refractivity contribution in [3.63, 3.8) is 0 Å². The van der Waals surface area contributed by atoms with E-state index in [2.05, 4.69) is 18.3 Å². The fraction of sp³-hybridized carbons (Fsp3) is 0.600. The Balaban J connectivity index is 2.22. The van der Waals surface area contributed by atoms with Crippen LogP contribution in [0.3, 0.4) is 0 Å². The van der Waals surface area contributed by atoms with E-state index < -0.39 is 0 Å². The second-order valence-corrected chi connectivity index (χ2v) is 4.38. The first kappa shape index (κ1) is 16.0. The first-order valence-electron chi connectivity index (χ1n) is 6.72. The molecule has 4 nitrogen and oxygen atoms in total. The largest absolute Gasteiger partial charge is 0.496 e. The van der Waals surface area contributed by atoms with E-state index in [9.17, 15) is 0 Å². The van der Waals surface area contributed by atoms with Crippen LogP contribution in [-0.4, -0.2) is 40.6 Å². The Hall–Kier alpha value is -1.10. The third-order valence-corrected chi connectivity index (χ3v) is 2.95. The molecule has 0 spiro atoms. The molecule has 0 heterocycles. The SMILES string of the molecule is COCCOCCCN[C@H](C)c1ccccc1OC. The van der Waals surface area contributed by atoms with Crippen molar-refractivity contribution in [1.29, 1.82) is 0 Å². The summed E-state index contributed by atoms with van der Waals surface area (Å²) in [6, 6.07) is 8.37. The number of hydrogen-bond donors (Lipinski definition) is 1. The quantitative estimate of drug-likeness (QED) is 0.661. The van der Waals surface area contributed by atoms with Crippen molar-refractivity contribution in [2.75, 3.05) is 40.6 Å². The zero-order valence-electron chi connectivity index (χ0n) is 12.1. The maximum Gasteiger partial charge on any atom is 0.123 e. The molecule has 1 rings (SSSR count). The fourth-order valence-electron chi connectivity index (χ4n) is 1.87. The lowest BCUT2D eigenvalue weighted by Gasteiger charge is -2.17. The van der Waals surface area contributed by atoms with E-state index >= 15 is 0 Å². The maximum absolute atomic E-state index is 5.42. The van der Waals surface area contributed by atoms with Crippen molar-refractivity contribution in [2.24, 2.45) is 0 Å². The molecule has 4 heteroatoms. The van der Waals surface area contributed by atoms with Gasteiger partial charge in [-0.3, -0.25) is 0 Å². The molecule has 0 aliphatic carbocycles. The predicted molar refractivity (Wildman–Crippen MR) is 76.7 cm³/mol. The van der Waals surface area contributed by atoms with Crippen LogP contribution >= 0.6 is 0 Å². The number of methoxy groups -OCH3 is 2.